The highest BCUT2D eigenvalue weighted by Crippen LogP contribution is 2.09. The number of aromatic nitrogens is 2. The van der Waals surface area contributed by atoms with Gasteiger partial charge in [0.2, 0.25) is 0 Å². The molecule has 0 aliphatic heterocycles. The van der Waals surface area contributed by atoms with E-state index in [1.807, 2.05) is 50.4 Å². The average molecular weight is 273 g/mol. The highest BCUT2D eigenvalue weighted by Gasteiger charge is 2.20. The molecule has 0 amide bonds. The van der Waals surface area contributed by atoms with E-state index in [0.717, 1.165) is 11.3 Å². The van der Waals surface area contributed by atoms with Gasteiger partial charge >= 0.3 is 5.97 Å². The highest BCUT2D eigenvalue weighted by molar-refractivity contribution is 5.73. The molecule has 0 aliphatic rings. The van der Waals surface area contributed by atoms with Crippen molar-refractivity contribution >= 4 is 5.97 Å². The molecule has 1 atom stereocenters. The zero-order valence-corrected chi connectivity index (χ0v) is 11.7. The molecule has 0 radical (unpaired) electrons. The lowest BCUT2D eigenvalue weighted by Crippen LogP contribution is -2.40. The molecular weight excluding hydrogens is 254 g/mol. The van der Waals surface area contributed by atoms with Crippen molar-refractivity contribution in [2.75, 3.05) is 0 Å². The number of para-hydroxylation sites is 1. The lowest BCUT2D eigenvalue weighted by Gasteiger charge is -2.17. The van der Waals surface area contributed by atoms with E-state index >= 15 is 0 Å². The minimum atomic E-state index is -0.824. The summed E-state index contributed by atoms with van der Waals surface area (Å²) < 4.78 is 1.78. The van der Waals surface area contributed by atoms with E-state index in [1.165, 1.54) is 0 Å². The molecule has 0 fully saturated rings. The molecule has 1 aromatic heterocycles. The van der Waals surface area contributed by atoms with Crippen molar-refractivity contribution in [1.29, 1.82) is 0 Å². The summed E-state index contributed by atoms with van der Waals surface area (Å²) in [5.41, 5.74) is 1.94. The topological polar surface area (TPSA) is 67.2 Å². The standard InChI is InChI=1S/C15H19N3O2/c1-11(2)14(15(19)20)16-8-12-9-17-18(10-12)13-6-4-3-5-7-13/h3-7,9-11,14,16H,8H2,1-2H3,(H,19,20). The number of carbonyl (C=O) groups is 1. The molecule has 1 heterocycles. The minimum absolute atomic E-state index is 0.0386. The molecule has 1 unspecified atom stereocenters. The first-order chi connectivity index (χ1) is 9.58. The van der Waals surface area contributed by atoms with E-state index in [0.29, 0.717) is 6.54 Å². The van der Waals surface area contributed by atoms with Gasteiger partial charge in [-0.05, 0) is 18.1 Å². The zero-order valence-electron chi connectivity index (χ0n) is 11.7. The molecule has 0 spiro atoms. The summed E-state index contributed by atoms with van der Waals surface area (Å²) in [5, 5.41) is 16.5. The summed E-state index contributed by atoms with van der Waals surface area (Å²) in [6.07, 6.45) is 3.65. The molecule has 5 heteroatoms. The highest BCUT2D eigenvalue weighted by atomic mass is 16.4. The Balaban J connectivity index is 2.02. The molecule has 20 heavy (non-hydrogen) atoms. The average Bonchev–Trinajstić information content (AvgIpc) is 2.88. The maximum atomic E-state index is 11.1. The molecule has 2 aromatic rings. The molecule has 0 bridgehead atoms. The molecule has 2 N–H and O–H groups in total. The van der Waals surface area contributed by atoms with E-state index in [2.05, 4.69) is 10.4 Å². The van der Waals surface area contributed by atoms with Crippen LogP contribution in [0.4, 0.5) is 0 Å². The van der Waals surface area contributed by atoms with Gasteiger partial charge in [-0.25, -0.2) is 4.68 Å². The zero-order chi connectivity index (χ0) is 14.5. The first-order valence-electron chi connectivity index (χ1n) is 6.63. The van der Waals surface area contributed by atoms with Crippen LogP contribution in [0.15, 0.2) is 42.7 Å². The molecule has 5 nitrogen and oxygen atoms in total. The summed E-state index contributed by atoms with van der Waals surface area (Å²) in [6, 6.07) is 9.25. The molecule has 106 valence electrons. The number of nitrogens with zero attached hydrogens (tertiary/aromatic N) is 2. The van der Waals surface area contributed by atoms with E-state index in [9.17, 15) is 4.79 Å². The minimum Gasteiger partial charge on any atom is -0.480 e. The third-order valence-electron chi connectivity index (χ3n) is 3.12. The van der Waals surface area contributed by atoms with Gasteiger partial charge in [0.15, 0.2) is 0 Å². The van der Waals surface area contributed by atoms with Crippen LogP contribution < -0.4 is 5.32 Å². The van der Waals surface area contributed by atoms with Crippen molar-refractivity contribution in [3.8, 4) is 5.69 Å². The molecule has 1 aromatic carbocycles. The quantitative estimate of drug-likeness (QED) is 0.845. The molecule has 0 saturated heterocycles. The van der Waals surface area contributed by atoms with Gasteiger partial charge in [0.25, 0.3) is 0 Å². The predicted octanol–water partition coefficient (Wildman–Crippen LogP) is 2.07. The van der Waals surface area contributed by atoms with Crippen molar-refractivity contribution in [3.05, 3.63) is 48.3 Å². The Bertz CT molecular complexity index is 564. The van der Waals surface area contributed by atoms with Crippen molar-refractivity contribution in [3.63, 3.8) is 0 Å². The van der Waals surface area contributed by atoms with Crippen LogP contribution in [-0.4, -0.2) is 26.9 Å². The monoisotopic (exact) mass is 273 g/mol. The second-order valence-electron chi connectivity index (χ2n) is 5.07. The summed E-state index contributed by atoms with van der Waals surface area (Å²) in [6.45, 7) is 4.26. The lowest BCUT2D eigenvalue weighted by atomic mass is 10.0. The first kappa shape index (κ1) is 14.3. The van der Waals surface area contributed by atoms with Crippen LogP contribution in [0.3, 0.4) is 0 Å². The fourth-order valence-electron chi connectivity index (χ4n) is 2.01. The Labute approximate surface area is 118 Å². The summed E-state index contributed by atoms with van der Waals surface area (Å²) >= 11 is 0. The van der Waals surface area contributed by atoms with Gasteiger partial charge in [0.05, 0.1) is 11.9 Å². The molecule has 2 rings (SSSR count). The third-order valence-corrected chi connectivity index (χ3v) is 3.12. The lowest BCUT2D eigenvalue weighted by molar-refractivity contribution is -0.140. The SMILES string of the molecule is CC(C)C(NCc1cnn(-c2ccccc2)c1)C(=O)O. The summed E-state index contributed by atoms with van der Waals surface area (Å²) in [7, 11) is 0. The fraction of sp³-hybridized carbons (Fsp3) is 0.333. The van der Waals surface area contributed by atoms with Crippen molar-refractivity contribution in [2.45, 2.75) is 26.4 Å². The second-order valence-corrected chi connectivity index (χ2v) is 5.07. The van der Waals surface area contributed by atoms with Gasteiger partial charge < -0.3 is 5.11 Å². The molecular formula is C15H19N3O2. The summed E-state index contributed by atoms with van der Waals surface area (Å²) in [5.74, 6) is -0.785. The maximum Gasteiger partial charge on any atom is 0.320 e. The van der Waals surface area contributed by atoms with Gasteiger partial charge in [0.1, 0.15) is 6.04 Å². The van der Waals surface area contributed by atoms with Gasteiger partial charge in [-0.2, -0.15) is 5.10 Å². The number of aliphatic carboxylic acids is 1. The Morgan fingerprint density at radius 3 is 2.65 bits per heavy atom. The first-order valence-corrected chi connectivity index (χ1v) is 6.63. The second kappa shape index (κ2) is 6.34. The van der Waals surface area contributed by atoms with Crippen molar-refractivity contribution in [2.24, 2.45) is 5.92 Å². The van der Waals surface area contributed by atoms with Crippen LogP contribution in [0.5, 0.6) is 0 Å². The van der Waals surface area contributed by atoms with E-state index < -0.39 is 12.0 Å². The fourth-order valence-corrected chi connectivity index (χ4v) is 2.01. The Hall–Kier alpha value is -2.14. The number of carboxylic acid groups (broad SMARTS) is 1. The Morgan fingerprint density at radius 2 is 2.05 bits per heavy atom. The van der Waals surface area contributed by atoms with Crippen LogP contribution >= 0.6 is 0 Å². The summed E-state index contributed by atoms with van der Waals surface area (Å²) in [4.78, 5) is 11.1. The number of nitrogens with one attached hydrogen (secondary N) is 1. The number of rotatable bonds is 6. The molecule has 0 saturated carbocycles. The van der Waals surface area contributed by atoms with Crippen LogP contribution in [0.1, 0.15) is 19.4 Å². The van der Waals surface area contributed by atoms with Gasteiger partial charge in [-0.3, -0.25) is 10.1 Å². The van der Waals surface area contributed by atoms with Crippen molar-refractivity contribution in [1.82, 2.24) is 15.1 Å². The van der Waals surface area contributed by atoms with Crippen LogP contribution in [-0.2, 0) is 11.3 Å². The Kier molecular flexibility index (Phi) is 4.53. The number of hydrogen-bond donors (Lipinski definition) is 2. The van der Waals surface area contributed by atoms with E-state index in [1.54, 1.807) is 10.9 Å². The van der Waals surface area contributed by atoms with Gasteiger partial charge in [-0.15, -0.1) is 0 Å². The van der Waals surface area contributed by atoms with E-state index in [4.69, 9.17) is 5.11 Å². The maximum absolute atomic E-state index is 11.1. The van der Waals surface area contributed by atoms with Crippen LogP contribution in [0.25, 0.3) is 5.69 Å². The largest absolute Gasteiger partial charge is 0.480 e. The van der Waals surface area contributed by atoms with Gasteiger partial charge in [-0.1, -0.05) is 32.0 Å². The number of benzene rings is 1. The van der Waals surface area contributed by atoms with E-state index in [-0.39, 0.29) is 5.92 Å². The number of hydrogen-bond acceptors (Lipinski definition) is 3. The van der Waals surface area contributed by atoms with Crippen LogP contribution in [0, 0.1) is 5.92 Å². The number of carboxylic acids is 1. The van der Waals surface area contributed by atoms with Crippen molar-refractivity contribution < 1.29 is 9.90 Å². The Morgan fingerprint density at radius 1 is 1.35 bits per heavy atom. The smallest absolute Gasteiger partial charge is 0.320 e. The third kappa shape index (κ3) is 3.45. The predicted molar refractivity (Wildman–Crippen MR) is 76.7 cm³/mol. The molecule has 0 aliphatic carbocycles. The normalized spacial score (nSPS) is 12.6. The van der Waals surface area contributed by atoms with Crippen LogP contribution in [0.2, 0.25) is 0 Å². The van der Waals surface area contributed by atoms with Gasteiger partial charge in [0, 0.05) is 18.3 Å².